The second-order valence-corrected chi connectivity index (χ2v) is 5.19. The number of carbonyl (C=O) groups excluding carboxylic acids is 1. The summed E-state index contributed by atoms with van der Waals surface area (Å²) in [6.45, 7) is -2.77. The number of benzene rings is 2. The van der Waals surface area contributed by atoms with E-state index in [1.54, 1.807) is 12.1 Å². The Morgan fingerprint density at radius 3 is 2.68 bits per heavy atom. The van der Waals surface area contributed by atoms with Crippen molar-refractivity contribution in [1.82, 2.24) is 5.32 Å². The Hall–Kier alpha value is -2.02. The summed E-state index contributed by atoms with van der Waals surface area (Å²) in [4.78, 5) is 12.0. The molecule has 0 aliphatic rings. The van der Waals surface area contributed by atoms with E-state index in [0.717, 1.165) is 0 Å². The van der Waals surface area contributed by atoms with Crippen molar-refractivity contribution in [2.45, 2.75) is 13.2 Å². The lowest BCUT2D eigenvalue weighted by atomic mass is 10.2. The van der Waals surface area contributed by atoms with E-state index < -0.39 is 18.3 Å². The molecule has 0 saturated carbocycles. The number of rotatable bonds is 5. The maximum absolute atomic E-state index is 13.0. The summed E-state index contributed by atoms with van der Waals surface area (Å²) >= 11 is 3.11. The first kappa shape index (κ1) is 16.4. The fourth-order valence-electron chi connectivity index (χ4n) is 1.78. The van der Waals surface area contributed by atoms with Crippen LogP contribution >= 0.6 is 15.9 Å². The van der Waals surface area contributed by atoms with E-state index in [-0.39, 0.29) is 17.9 Å². The summed E-state index contributed by atoms with van der Waals surface area (Å²) in [5.41, 5.74) is 0.881. The molecular formula is C15H11BrF3NO2. The third kappa shape index (κ3) is 4.49. The molecule has 0 aliphatic carbocycles. The van der Waals surface area contributed by atoms with Gasteiger partial charge in [0.15, 0.2) is 0 Å². The summed E-state index contributed by atoms with van der Waals surface area (Å²) < 4.78 is 41.9. The Balaban J connectivity index is 2.02. The van der Waals surface area contributed by atoms with Gasteiger partial charge in [0.1, 0.15) is 11.6 Å². The highest BCUT2D eigenvalue weighted by atomic mass is 79.9. The lowest BCUT2D eigenvalue weighted by Gasteiger charge is -2.09. The van der Waals surface area contributed by atoms with Crippen LogP contribution in [0.2, 0.25) is 0 Å². The van der Waals surface area contributed by atoms with Gasteiger partial charge in [-0.1, -0.05) is 12.1 Å². The lowest BCUT2D eigenvalue weighted by molar-refractivity contribution is -0.0498. The number of alkyl halides is 2. The number of carbonyl (C=O) groups is 1. The Labute approximate surface area is 133 Å². The van der Waals surface area contributed by atoms with Crippen molar-refractivity contribution in [2.75, 3.05) is 0 Å². The van der Waals surface area contributed by atoms with Crippen molar-refractivity contribution < 1.29 is 22.7 Å². The van der Waals surface area contributed by atoms with Crippen molar-refractivity contribution in [3.8, 4) is 5.75 Å². The van der Waals surface area contributed by atoms with Gasteiger partial charge in [0.2, 0.25) is 0 Å². The normalized spacial score (nSPS) is 10.6. The van der Waals surface area contributed by atoms with Gasteiger partial charge in [-0.3, -0.25) is 4.79 Å². The number of nitrogens with one attached hydrogen (secondary N) is 1. The molecule has 0 saturated heterocycles. The smallest absolute Gasteiger partial charge is 0.387 e. The summed E-state index contributed by atoms with van der Waals surface area (Å²) in [6, 6.07) is 9.74. The molecule has 0 atom stereocenters. The predicted octanol–water partition coefficient (Wildman–Crippen LogP) is 4.12. The molecule has 0 fully saturated rings. The Morgan fingerprint density at radius 1 is 1.23 bits per heavy atom. The van der Waals surface area contributed by atoms with Gasteiger partial charge in [0.25, 0.3) is 5.91 Å². The molecule has 2 aromatic carbocycles. The topological polar surface area (TPSA) is 38.3 Å². The minimum Gasteiger partial charge on any atom is -0.435 e. The van der Waals surface area contributed by atoms with Gasteiger partial charge < -0.3 is 10.1 Å². The minimum atomic E-state index is -2.90. The van der Waals surface area contributed by atoms with Crippen LogP contribution in [-0.2, 0) is 6.54 Å². The van der Waals surface area contributed by atoms with E-state index >= 15 is 0 Å². The van der Waals surface area contributed by atoms with E-state index in [2.05, 4.69) is 26.0 Å². The van der Waals surface area contributed by atoms with Crippen LogP contribution in [-0.4, -0.2) is 12.5 Å². The molecule has 1 N–H and O–H groups in total. The first-order chi connectivity index (χ1) is 10.5. The predicted molar refractivity (Wildman–Crippen MR) is 78.3 cm³/mol. The second-order valence-electron chi connectivity index (χ2n) is 4.33. The van der Waals surface area contributed by atoms with E-state index in [0.29, 0.717) is 10.0 Å². The van der Waals surface area contributed by atoms with Crippen molar-refractivity contribution in [1.29, 1.82) is 0 Å². The van der Waals surface area contributed by atoms with Crippen molar-refractivity contribution in [3.05, 3.63) is 63.9 Å². The van der Waals surface area contributed by atoms with E-state index in [4.69, 9.17) is 0 Å². The Kier molecular flexibility index (Phi) is 5.43. The van der Waals surface area contributed by atoms with Crippen LogP contribution in [0.4, 0.5) is 13.2 Å². The van der Waals surface area contributed by atoms with Gasteiger partial charge in [0.05, 0.1) is 5.56 Å². The standard InChI is InChI=1S/C15H11BrF3NO2/c16-13-7-10(17)4-5-12(13)14(21)20-8-9-2-1-3-11(6-9)22-15(18)19/h1-7,15H,8H2,(H,20,21). The highest BCUT2D eigenvalue weighted by Crippen LogP contribution is 2.19. The van der Waals surface area contributed by atoms with Gasteiger partial charge in [-0.25, -0.2) is 4.39 Å². The number of hydrogen-bond acceptors (Lipinski definition) is 2. The fourth-order valence-corrected chi connectivity index (χ4v) is 2.31. The first-order valence-corrected chi connectivity index (χ1v) is 7.02. The number of ether oxygens (including phenoxy) is 1. The van der Waals surface area contributed by atoms with Gasteiger partial charge >= 0.3 is 6.61 Å². The van der Waals surface area contributed by atoms with Crippen LogP contribution in [0.1, 0.15) is 15.9 Å². The van der Waals surface area contributed by atoms with Crippen LogP contribution in [0.3, 0.4) is 0 Å². The molecule has 3 nitrogen and oxygen atoms in total. The molecular weight excluding hydrogens is 363 g/mol. The Morgan fingerprint density at radius 2 is 2.00 bits per heavy atom. The summed E-state index contributed by atoms with van der Waals surface area (Å²) in [5.74, 6) is -0.850. The monoisotopic (exact) mass is 373 g/mol. The van der Waals surface area contributed by atoms with Crippen molar-refractivity contribution >= 4 is 21.8 Å². The van der Waals surface area contributed by atoms with Crippen LogP contribution < -0.4 is 10.1 Å². The third-order valence-corrected chi connectivity index (χ3v) is 3.41. The molecule has 0 radical (unpaired) electrons. The van der Waals surface area contributed by atoms with Gasteiger partial charge in [-0.15, -0.1) is 0 Å². The summed E-state index contributed by atoms with van der Waals surface area (Å²) in [6.07, 6.45) is 0. The average Bonchev–Trinajstić information content (AvgIpc) is 2.44. The third-order valence-electron chi connectivity index (χ3n) is 2.75. The Bertz CT molecular complexity index is 680. The lowest BCUT2D eigenvalue weighted by Crippen LogP contribution is -2.23. The molecule has 0 unspecified atom stereocenters. The van der Waals surface area contributed by atoms with Gasteiger partial charge in [-0.2, -0.15) is 8.78 Å². The first-order valence-electron chi connectivity index (χ1n) is 6.22. The van der Waals surface area contributed by atoms with Crippen molar-refractivity contribution in [2.24, 2.45) is 0 Å². The molecule has 22 heavy (non-hydrogen) atoms. The molecule has 0 spiro atoms. The molecule has 116 valence electrons. The maximum Gasteiger partial charge on any atom is 0.387 e. The van der Waals surface area contributed by atoms with Crippen molar-refractivity contribution in [3.63, 3.8) is 0 Å². The molecule has 0 aromatic heterocycles. The zero-order valence-electron chi connectivity index (χ0n) is 11.2. The zero-order valence-corrected chi connectivity index (χ0v) is 12.7. The molecule has 0 aliphatic heterocycles. The fraction of sp³-hybridized carbons (Fsp3) is 0.133. The van der Waals surface area contributed by atoms with Crippen LogP contribution in [0, 0.1) is 5.82 Å². The SMILES string of the molecule is O=C(NCc1cccc(OC(F)F)c1)c1ccc(F)cc1Br. The number of hydrogen-bond donors (Lipinski definition) is 1. The second kappa shape index (κ2) is 7.31. The van der Waals surface area contributed by atoms with E-state index in [1.165, 1.54) is 30.3 Å². The molecule has 2 aromatic rings. The average molecular weight is 374 g/mol. The highest BCUT2D eigenvalue weighted by molar-refractivity contribution is 9.10. The van der Waals surface area contributed by atoms with Gasteiger partial charge in [-0.05, 0) is 51.8 Å². The largest absolute Gasteiger partial charge is 0.435 e. The van der Waals surface area contributed by atoms with Crippen LogP contribution in [0.5, 0.6) is 5.75 Å². The highest BCUT2D eigenvalue weighted by Gasteiger charge is 2.11. The minimum absolute atomic E-state index is 0.0183. The molecule has 2 rings (SSSR count). The summed E-state index contributed by atoms with van der Waals surface area (Å²) in [7, 11) is 0. The van der Waals surface area contributed by atoms with Crippen LogP contribution in [0.25, 0.3) is 0 Å². The molecule has 0 bridgehead atoms. The van der Waals surface area contributed by atoms with E-state index in [1.807, 2.05) is 0 Å². The zero-order chi connectivity index (χ0) is 16.1. The molecule has 0 heterocycles. The van der Waals surface area contributed by atoms with E-state index in [9.17, 15) is 18.0 Å². The summed E-state index contributed by atoms with van der Waals surface area (Å²) in [5, 5.41) is 2.62. The quantitative estimate of drug-likeness (QED) is 0.855. The molecule has 1 amide bonds. The van der Waals surface area contributed by atoms with Gasteiger partial charge in [0, 0.05) is 11.0 Å². The molecule has 7 heteroatoms. The van der Waals surface area contributed by atoms with Crippen LogP contribution in [0.15, 0.2) is 46.9 Å². The number of amides is 1. The maximum atomic E-state index is 13.0. The number of halogens is 4.